The minimum Gasteiger partial charge on any atom is -0.394 e. The summed E-state index contributed by atoms with van der Waals surface area (Å²) in [5.41, 5.74) is 3.12. The van der Waals surface area contributed by atoms with Crippen molar-refractivity contribution in [3.63, 3.8) is 0 Å². The number of aliphatic hydroxyl groups excluding tert-OH is 4. The molecule has 9 heteroatoms. The van der Waals surface area contributed by atoms with Crippen LogP contribution in [-0.2, 0) is 27.6 Å². The number of nitriles is 1. The highest BCUT2D eigenvalue weighted by molar-refractivity contribution is 7.71. The second kappa shape index (κ2) is 9.66. The fraction of sp³-hybridized carbons (Fsp3) is 0.381. The normalized spacial score (nSPS) is 26.5. The molecule has 2 aromatic rings. The van der Waals surface area contributed by atoms with Gasteiger partial charge < -0.3 is 25.2 Å². The third-order valence-corrected chi connectivity index (χ3v) is 5.82. The number of nitrogens with zero attached hydrogens (tertiary/aromatic N) is 1. The molecule has 1 aliphatic rings. The lowest BCUT2D eigenvalue weighted by atomic mass is 9.89. The number of hydrogen-bond acceptors (Lipinski definition) is 8. The maximum atomic E-state index is 10.9. The van der Waals surface area contributed by atoms with E-state index in [1.807, 2.05) is 0 Å². The molecule has 5 atom stereocenters. The average Bonchev–Trinajstić information content (AvgIpc) is 2.73. The first-order valence-corrected chi connectivity index (χ1v) is 10.7. The summed E-state index contributed by atoms with van der Waals surface area (Å²) in [4.78, 5) is 0. The van der Waals surface area contributed by atoms with Crippen LogP contribution >= 0.6 is 0 Å². The van der Waals surface area contributed by atoms with Gasteiger partial charge in [0.15, 0.2) is 0 Å². The zero-order valence-corrected chi connectivity index (χ0v) is 16.9. The topological polar surface area (TPSA) is 148 Å². The van der Waals surface area contributed by atoms with Crippen molar-refractivity contribution in [3.05, 3.63) is 70.3 Å². The fourth-order valence-corrected chi connectivity index (χ4v) is 4.06. The second-order valence-corrected chi connectivity index (χ2v) is 8.24. The monoisotopic (exact) mass is 433 g/mol. The molecule has 0 unspecified atom stereocenters. The number of ether oxygens (including phenoxy) is 1. The first kappa shape index (κ1) is 22.4. The molecule has 3 rings (SSSR count). The van der Waals surface area contributed by atoms with Gasteiger partial charge in [-0.05, 0) is 34.7 Å². The van der Waals surface area contributed by atoms with E-state index >= 15 is 0 Å². The van der Waals surface area contributed by atoms with Crippen LogP contribution in [-0.4, -0.2) is 59.9 Å². The predicted octanol–water partition coefficient (Wildman–Crippen LogP) is -0.225. The van der Waals surface area contributed by atoms with Crippen LogP contribution in [0, 0.1) is 11.3 Å². The molecule has 1 fully saturated rings. The Hall–Kier alpha value is -2.32. The van der Waals surface area contributed by atoms with Crippen LogP contribution in [0.25, 0.3) is 0 Å². The Bertz CT molecular complexity index is 989. The lowest BCUT2D eigenvalue weighted by Crippen LogP contribution is -2.55. The molecule has 1 heterocycles. The highest BCUT2D eigenvalue weighted by atomic mass is 32.2. The molecule has 160 valence electrons. The molecule has 1 saturated heterocycles. The van der Waals surface area contributed by atoms with Crippen LogP contribution in [0.4, 0.5) is 0 Å². The molecule has 0 spiro atoms. The molecular formula is C21H23NO7S. The van der Waals surface area contributed by atoms with E-state index in [0.29, 0.717) is 28.7 Å². The minimum absolute atomic E-state index is 0.0361. The Morgan fingerprint density at radius 2 is 1.63 bits per heavy atom. The van der Waals surface area contributed by atoms with Crippen LogP contribution < -0.4 is 0 Å². The Labute approximate surface area is 175 Å². The zero-order valence-electron chi connectivity index (χ0n) is 16.0. The molecule has 0 amide bonds. The number of benzene rings is 2. The van der Waals surface area contributed by atoms with Crippen LogP contribution in [0.5, 0.6) is 0 Å². The Balaban J connectivity index is 1.87. The summed E-state index contributed by atoms with van der Waals surface area (Å²) in [6, 6.07) is 14.0. The molecule has 1 aliphatic heterocycles. The van der Waals surface area contributed by atoms with Gasteiger partial charge in [0.2, 0.25) is 0 Å². The van der Waals surface area contributed by atoms with Crippen molar-refractivity contribution in [3.8, 4) is 6.07 Å². The largest absolute Gasteiger partial charge is 0.394 e. The maximum Gasteiger partial charge on any atom is 0.144 e. The van der Waals surface area contributed by atoms with E-state index in [0.717, 1.165) is 5.56 Å². The molecule has 30 heavy (non-hydrogen) atoms. The van der Waals surface area contributed by atoms with Crippen molar-refractivity contribution in [1.29, 1.82) is 5.26 Å². The number of thiol groups is 1. The van der Waals surface area contributed by atoms with E-state index in [1.165, 1.54) is 0 Å². The lowest BCUT2D eigenvalue weighted by Gasteiger charge is -2.40. The summed E-state index contributed by atoms with van der Waals surface area (Å²) in [6.45, 7) is -0.522. The van der Waals surface area contributed by atoms with Gasteiger partial charge in [0.25, 0.3) is 0 Å². The summed E-state index contributed by atoms with van der Waals surface area (Å²) < 4.78 is 27.3. The molecule has 8 nitrogen and oxygen atoms in total. The van der Waals surface area contributed by atoms with Gasteiger partial charge in [0, 0.05) is 0 Å². The SMILES string of the molecule is N#Cc1ccc([C@@H]2O[C@H](CO)[C@@H](O)[C@H](O)[C@H]2O)cc1Cc1ccc(C[SH](=O)=O)cc1. The van der Waals surface area contributed by atoms with E-state index in [4.69, 9.17) is 4.74 Å². The quantitative estimate of drug-likeness (QED) is 0.393. The van der Waals surface area contributed by atoms with E-state index < -0.39 is 47.8 Å². The Morgan fingerprint density at radius 1 is 0.967 bits per heavy atom. The third kappa shape index (κ3) is 4.87. The van der Waals surface area contributed by atoms with Crippen LogP contribution in [0.3, 0.4) is 0 Å². The zero-order chi connectivity index (χ0) is 21.8. The maximum absolute atomic E-state index is 10.9. The lowest BCUT2D eigenvalue weighted by molar-refractivity contribution is -0.231. The van der Waals surface area contributed by atoms with Gasteiger partial charge in [-0.15, -0.1) is 0 Å². The highest BCUT2D eigenvalue weighted by Gasteiger charge is 2.44. The van der Waals surface area contributed by atoms with Crippen molar-refractivity contribution in [2.75, 3.05) is 6.61 Å². The summed E-state index contributed by atoms with van der Waals surface area (Å²) in [5, 5.41) is 49.2. The molecule has 2 aromatic carbocycles. The minimum atomic E-state index is -2.51. The van der Waals surface area contributed by atoms with E-state index in [2.05, 4.69) is 6.07 Å². The van der Waals surface area contributed by atoms with E-state index in [-0.39, 0.29) is 5.75 Å². The molecule has 4 N–H and O–H groups in total. The second-order valence-electron chi connectivity index (χ2n) is 7.26. The summed E-state index contributed by atoms with van der Waals surface area (Å²) in [5.74, 6) is -0.0361. The molecule has 0 aliphatic carbocycles. The number of aliphatic hydroxyl groups is 4. The first-order valence-electron chi connectivity index (χ1n) is 9.37. The van der Waals surface area contributed by atoms with E-state index in [1.54, 1.807) is 42.5 Å². The predicted molar refractivity (Wildman–Crippen MR) is 107 cm³/mol. The third-order valence-electron chi connectivity index (χ3n) is 5.20. The molecule has 0 bridgehead atoms. The smallest absolute Gasteiger partial charge is 0.144 e. The van der Waals surface area contributed by atoms with Crippen molar-refractivity contribution >= 4 is 10.7 Å². The average molecular weight is 433 g/mol. The van der Waals surface area contributed by atoms with Crippen molar-refractivity contribution in [2.45, 2.75) is 42.7 Å². The van der Waals surface area contributed by atoms with Gasteiger partial charge in [-0.25, -0.2) is 8.42 Å². The van der Waals surface area contributed by atoms with Crippen molar-refractivity contribution in [1.82, 2.24) is 0 Å². The molecule has 0 saturated carbocycles. The van der Waals surface area contributed by atoms with E-state index in [9.17, 15) is 34.1 Å². The van der Waals surface area contributed by atoms with Gasteiger partial charge in [0.1, 0.15) is 41.2 Å². The van der Waals surface area contributed by atoms with Crippen molar-refractivity contribution in [2.24, 2.45) is 0 Å². The fourth-order valence-electron chi connectivity index (χ4n) is 3.55. The molecule has 0 radical (unpaired) electrons. The standard InChI is InChI=1S/C21H23NO7S/c22-9-15-6-5-14(21-20(26)19(25)18(24)17(10-23)29-21)8-16(15)7-12-1-3-13(4-2-12)11-30(27)28/h1-6,8,17-21,23-26,30H,7,10-11H2/t17-,18-,19+,20-,21+/m1/s1. The molecular weight excluding hydrogens is 410 g/mol. The summed E-state index contributed by atoms with van der Waals surface area (Å²) in [7, 11) is -2.51. The van der Waals surface area contributed by atoms with Gasteiger partial charge in [-0.2, -0.15) is 5.26 Å². The Kier molecular flexibility index (Phi) is 7.20. The van der Waals surface area contributed by atoms with Gasteiger partial charge in [-0.3, -0.25) is 0 Å². The van der Waals surface area contributed by atoms with Crippen LogP contribution in [0.2, 0.25) is 0 Å². The van der Waals surface area contributed by atoms with Gasteiger partial charge >= 0.3 is 0 Å². The van der Waals surface area contributed by atoms with Crippen LogP contribution in [0.15, 0.2) is 42.5 Å². The van der Waals surface area contributed by atoms with Crippen molar-refractivity contribution < 1.29 is 33.6 Å². The van der Waals surface area contributed by atoms with Gasteiger partial charge in [-0.1, -0.05) is 36.4 Å². The highest BCUT2D eigenvalue weighted by Crippen LogP contribution is 2.33. The summed E-state index contributed by atoms with van der Waals surface area (Å²) in [6.07, 6.45) is -5.95. The van der Waals surface area contributed by atoms with Crippen LogP contribution in [0.1, 0.15) is 33.9 Å². The molecule has 0 aromatic heterocycles. The first-order chi connectivity index (χ1) is 14.3. The number of rotatable bonds is 6. The van der Waals surface area contributed by atoms with Gasteiger partial charge in [0.05, 0.1) is 24.0 Å². The number of hydrogen-bond donors (Lipinski definition) is 5. The Morgan fingerprint density at radius 3 is 2.23 bits per heavy atom. The summed E-state index contributed by atoms with van der Waals surface area (Å²) >= 11 is 0.